The predicted molar refractivity (Wildman–Crippen MR) is 61.9 cm³/mol. The Hall–Kier alpha value is -1.56. The highest BCUT2D eigenvalue weighted by Gasteiger charge is 2.46. The zero-order chi connectivity index (χ0) is 11.9. The molecule has 3 heterocycles. The zero-order valence-corrected chi connectivity index (χ0v) is 9.85. The standard InChI is InChI=1S/C11H16N4O2/c1-14-7-9(6-13-14)15-8-11(17-10(15)16)2-4-12-5-3-11/h6-7,12H,2-5,8H2,1H3. The van der Waals surface area contributed by atoms with Crippen molar-refractivity contribution in [1.82, 2.24) is 15.1 Å². The highest BCUT2D eigenvalue weighted by molar-refractivity contribution is 5.90. The van der Waals surface area contributed by atoms with E-state index in [-0.39, 0.29) is 11.7 Å². The maximum absolute atomic E-state index is 11.9. The summed E-state index contributed by atoms with van der Waals surface area (Å²) in [6, 6.07) is 0. The molecule has 1 spiro atoms. The molecule has 0 bridgehead atoms. The summed E-state index contributed by atoms with van der Waals surface area (Å²) in [5.74, 6) is 0. The van der Waals surface area contributed by atoms with Gasteiger partial charge >= 0.3 is 6.09 Å². The number of aryl methyl sites for hydroxylation is 1. The molecule has 3 rings (SSSR count). The van der Waals surface area contributed by atoms with Crippen molar-refractivity contribution in [3.8, 4) is 0 Å². The third-order valence-electron chi connectivity index (χ3n) is 3.49. The van der Waals surface area contributed by atoms with Crippen molar-refractivity contribution in [2.45, 2.75) is 18.4 Å². The number of nitrogens with one attached hydrogen (secondary N) is 1. The monoisotopic (exact) mass is 236 g/mol. The van der Waals surface area contributed by atoms with Crippen molar-refractivity contribution in [1.29, 1.82) is 0 Å². The molecule has 0 atom stereocenters. The van der Waals surface area contributed by atoms with Crippen molar-refractivity contribution in [2.75, 3.05) is 24.5 Å². The first-order valence-electron chi connectivity index (χ1n) is 5.88. The van der Waals surface area contributed by atoms with Crippen LogP contribution in [0.4, 0.5) is 10.5 Å². The summed E-state index contributed by atoms with van der Waals surface area (Å²) in [5, 5.41) is 7.37. The van der Waals surface area contributed by atoms with Gasteiger partial charge in [-0.05, 0) is 13.1 Å². The molecule has 0 saturated carbocycles. The molecule has 1 aromatic rings. The molecule has 2 aliphatic heterocycles. The minimum Gasteiger partial charge on any atom is -0.441 e. The third kappa shape index (κ3) is 1.78. The first kappa shape index (κ1) is 10.6. The molecule has 92 valence electrons. The van der Waals surface area contributed by atoms with E-state index in [0.29, 0.717) is 6.54 Å². The van der Waals surface area contributed by atoms with Crippen LogP contribution in [-0.4, -0.2) is 41.1 Å². The molecule has 2 fully saturated rings. The van der Waals surface area contributed by atoms with Gasteiger partial charge in [0.2, 0.25) is 0 Å². The van der Waals surface area contributed by atoms with Crippen LogP contribution in [0.3, 0.4) is 0 Å². The number of aromatic nitrogens is 2. The summed E-state index contributed by atoms with van der Waals surface area (Å²) in [4.78, 5) is 13.6. The molecule has 0 radical (unpaired) electrons. The number of ether oxygens (including phenoxy) is 1. The summed E-state index contributed by atoms with van der Waals surface area (Å²) >= 11 is 0. The van der Waals surface area contributed by atoms with Gasteiger partial charge in [0.1, 0.15) is 5.60 Å². The fraction of sp³-hybridized carbons (Fsp3) is 0.636. The molecule has 2 aliphatic rings. The van der Waals surface area contributed by atoms with Crippen LogP contribution in [-0.2, 0) is 11.8 Å². The predicted octanol–water partition coefficient (Wildman–Crippen LogP) is 0.499. The van der Waals surface area contributed by atoms with Crippen LogP contribution in [0.15, 0.2) is 12.4 Å². The lowest BCUT2D eigenvalue weighted by Gasteiger charge is -2.31. The Balaban J connectivity index is 1.82. The Bertz CT molecular complexity index is 436. The molecule has 1 amide bonds. The van der Waals surface area contributed by atoms with Gasteiger partial charge in [0.25, 0.3) is 0 Å². The van der Waals surface area contributed by atoms with Crippen LogP contribution in [0.5, 0.6) is 0 Å². The Morgan fingerprint density at radius 1 is 1.47 bits per heavy atom. The Morgan fingerprint density at radius 2 is 2.24 bits per heavy atom. The van der Waals surface area contributed by atoms with Gasteiger partial charge < -0.3 is 10.1 Å². The number of hydrogen-bond donors (Lipinski definition) is 1. The van der Waals surface area contributed by atoms with Gasteiger partial charge in [0.05, 0.1) is 18.4 Å². The molecule has 0 unspecified atom stereocenters. The molecule has 6 nitrogen and oxygen atoms in total. The van der Waals surface area contributed by atoms with Gasteiger partial charge in [-0.1, -0.05) is 0 Å². The van der Waals surface area contributed by atoms with Gasteiger partial charge in [-0.2, -0.15) is 5.10 Å². The van der Waals surface area contributed by atoms with Crippen LogP contribution < -0.4 is 10.2 Å². The second-order valence-corrected chi connectivity index (χ2v) is 4.76. The Labute approximate surface area is 99.5 Å². The average molecular weight is 236 g/mol. The minimum absolute atomic E-state index is 0.250. The van der Waals surface area contributed by atoms with E-state index in [2.05, 4.69) is 10.4 Å². The number of carbonyl (C=O) groups is 1. The average Bonchev–Trinajstić information content (AvgIpc) is 2.85. The SMILES string of the molecule is Cn1cc(N2CC3(CCNCC3)OC2=O)cn1. The number of piperidine rings is 1. The summed E-state index contributed by atoms with van der Waals surface area (Å²) in [6.07, 6.45) is 5.05. The lowest BCUT2D eigenvalue weighted by atomic mass is 9.92. The van der Waals surface area contributed by atoms with Gasteiger partial charge in [-0.3, -0.25) is 9.58 Å². The minimum atomic E-state index is -0.293. The van der Waals surface area contributed by atoms with Gasteiger partial charge in [0, 0.05) is 26.1 Å². The Kier molecular flexibility index (Phi) is 2.32. The second-order valence-electron chi connectivity index (χ2n) is 4.76. The highest BCUT2D eigenvalue weighted by Crippen LogP contribution is 2.33. The van der Waals surface area contributed by atoms with E-state index in [1.807, 2.05) is 13.2 Å². The molecule has 0 aliphatic carbocycles. The molecule has 6 heteroatoms. The van der Waals surface area contributed by atoms with Crippen LogP contribution in [0.25, 0.3) is 0 Å². The first-order chi connectivity index (χ1) is 8.19. The van der Waals surface area contributed by atoms with Gasteiger partial charge in [-0.25, -0.2) is 4.79 Å². The van der Waals surface area contributed by atoms with Crippen molar-refractivity contribution in [3.63, 3.8) is 0 Å². The van der Waals surface area contributed by atoms with E-state index in [0.717, 1.165) is 31.6 Å². The number of rotatable bonds is 1. The zero-order valence-electron chi connectivity index (χ0n) is 9.85. The summed E-state index contributed by atoms with van der Waals surface area (Å²) in [6.45, 7) is 2.46. The van der Waals surface area contributed by atoms with Crippen LogP contribution in [0, 0.1) is 0 Å². The molecular weight excluding hydrogens is 220 g/mol. The van der Waals surface area contributed by atoms with E-state index in [1.165, 1.54) is 0 Å². The maximum atomic E-state index is 11.9. The number of nitrogens with zero attached hydrogens (tertiary/aromatic N) is 3. The molecule has 17 heavy (non-hydrogen) atoms. The third-order valence-corrected chi connectivity index (χ3v) is 3.49. The number of carbonyl (C=O) groups excluding carboxylic acids is 1. The van der Waals surface area contributed by atoms with E-state index in [4.69, 9.17) is 4.74 Å². The largest absolute Gasteiger partial charge is 0.441 e. The topological polar surface area (TPSA) is 59.4 Å². The second kappa shape index (κ2) is 3.73. The highest BCUT2D eigenvalue weighted by atomic mass is 16.6. The fourth-order valence-corrected chi connectivity index (χ4v) is 2.51. The Morgan fingerprint density at radius 3 is 2.88 bits per heavy atom. The molecular formula is C11H16N4O2. The van der Waals surface area contributed by atoms with Crippen molar-refractivity contribution in [3.05, 3.63) is 12.4 Å². The van der Waals surface area contributed by atoms with Crippen molar-refractivity contribution in [2.24, 2.45) is 7.05 Å². The van der Waals surface area contributed by atoms with Crippen molar-refractivity contribution < 1.29 is 9.53 Å². The van der Waals surface area contributed by atoms with Crippen LogP contribution in [0.1, 0.15) is 12.8 Å². The summed E-state index contributed by atoms with van der Waals surface area (Å²) in [7, 11) is 1.84. The normalized spacial score (nSPS) is 23.1. The molecule has 1 aromatic heterocycles. The number of anilines is 1. The number of hydrogen-bond acceptors (Lipinski definition) is 4. The number of amides is 1. The van der Waals surface area contributed by atoms with Crippen LogP contribution >= 0.6 is 0 Å². The summed E-state index contributed by atoms with van der Waals surface area (Å²) < 4.78 is 7.27. The molecule has 2 saturated heterocycles. The summed E-state index contributed by atoms with van der Waals surface area (Å²) in [5.41, 5.74) is 0.519. The van der Waals surface area contributed by atoms with E-state index in [9.17, 15) is 4.79 Å². The smallest absolute Gasteiger partial charge is 0.415 e. The van der Waals surface area contributed by atoms with E-state index >= 15 is 0 Å². The van der Waals surface area contributed by atoms with Crippen LogP contribution in [0.2, 0.25) is 0 Å². The first-order valence-corrected chi connectivity index (χ1v) is 5.88. The molecule has 0 aromatic carbocycles. The quantitative estimate of drug-likeness (QED) is 0.771. The maximum Gasteiger partial charge on any atom is 0.415 e. The fourth-order valence-electron chi connectivity index (χ4n) is 2.51. The lowest BCUT2D eigenvalue weighted by Crippen LogP contribution is -2.44. The van der Waals surface area contributed by atoms with Crippen molar-refractivity contribution >= 4 is 11.8 Å². The lowest BCUT2D eigenvalue weighted by molar-refractivity contribution is 0.0316. The van der Waals surface area contributed by atoms with E-state index in [1.54, 1.807) is 15.8 Å². The van der Waals surface area contributed by atoms with Gasteiger partial charge in [0.15, 0.2) is 0 Å². The van der Waals surface area contributed by atoms with Gasteiger partial charge in [-0.15, -0.1) is 0 Å². The van der Waals surface area contributed by atoms with E-state index < -0.39 is 0 Å². The molecule has 1 N–H and O–H groups in total.